The van der Waals surface area contributed by atoms with Crippen molar-refractivity contribution < 1.29 is 18.7 Å². The monoisotopic (exact) mass is 459 g/mol. The molecule has 1 amide bonds. The summed E-state index contributed by atoms with van der Waals surface area (Å²) in [5, 5.41) is 17.1. The van der Waals surface area contributed by atoms with Gasteiger partial charge in [0.1, 0.15) is 11.6 Å². The van der Waals surface area contributed by atoms with Crippen LogP contribution in [0, 0.1) is 11.6 Å². The molecule has 0 fully saturated rings. The van der Waals surface area contributed by atoms with Crippen LogP contribution in [0.5, 0.6) is 0 Å². The van der Waals surface area contributed by atoms with E-state index in [9.17, 15) is 18.7 Å². The lowest BCUT2D eigenvalue weighted by molar-refractivity contribution is -0.120. The van der Waals surface area contributed by atoms with Crippen LogP contribution in [0.2, 0.25) is 0 Å². The molecule has 180 valence electrons. The van der Waals surface area contributed by atoms with Gasteiger partial charge in [-0.1, -0.05) is 32.9 Å². The van der Waals surface area contributed by atoms with Gasteiger partial charge in [-0.3, -0.25) is 4.79 Å². The normalized spacial score (nSPS) is 17.9. The average molecular weight is 460 g/mol. The minimum Gasteiger partial charge on any atom is -0.390 e. The lowest BCUT2D eigenvalue weighted by Gasteiger charge is -2.36. The predicted octanol–water partition coefficient (Wildman–Crippen LogP) is 3.84. The average Bonchev–Trinajstić information content (AvgIpc) is 2.70. The Morgan fingerprint density at radius 3 is 2.45 bits per heavy atom. The van der Waals surface area contributed by atoms with Crippen molar-refractivity contribution in [2.75, 3.05) is 25.0 Å². The van der Waals surface area contributed by atoms with Crippen molar-refractivity contribution in [3.8, 4) is 0 Å². The highest BCUT2D eigenvalue weighted by atomic mass is 19.1. The third-order valence-corrected chi connectivity index (χ3v) is 6.24. The van der Waals surface area contributed by atoms with E-state index in [1.54, 1.807) is 0 Å². The highest BCUT2D eigenvalue weighted by molar-refractivity contribution is 5.73. The summed E-state index contributed by atoms with van der Waals surface area (Å²) < 4.78 is 27.2. The topological polar surface area (TPSA) is 64.6 Å². The molecule has 7 heteroatoms. The van der Waals surface area contributed by atoms with E-state index in [1.807, 2.05) is 0 Å². The Hall–Kier alpha value is -2.51. The number of benzene rings is 2. The molecule has 2 aromatic carbocycles. The van der Waals surface area contributed by atoms with Crippen molar-refractivity contribution in [2.45, 2.75) is 64.1 Å². The van der Waals surface area contributed by atoms with E-state index in [-0.39, 0.29) is 30.3 Å². The molecule has 3 rings (SSSR count). The van der Waals surface area contributed by atoms with E-state index in [1.165, 1.54) is 30.2 Å². The zero-order chi connectivity index (χ0) is 24.3. The van der Waals surface area contributed by atoms with E-state index < -0.39 is 23.8 Å². The van der Waals surface area contributed by atoms with Crippen molar-refractivity contribution in [1.29, 1.82) is 0 Å². The zero-order valence-corrected chi connectivity index (χ0v) is 20.1. The number of carbonyl (C=O) groups is 1. The Labute approximate surface area is 195 Å². The van der Waals surface area contributed by atoms with Gasteiger partial charge in [0.15, 0.2) is 0 Å². The summed E-state index contributed by atoms with van der Waals surface area (Å²) >= 11 is 0. The van der Waals surface area contributed by atoms with Gasteiger partial charge in [-0.25, -0.2) is 8.78 Å². The Morgan fingerprint density at radius 1 is 1.18 bits per heavy atom. The molecule has 0 spiro atoms. The number of hydrogen-bond acceptors (Lipinski definition) is 4. The smallest absolute Gasteiger partial charge is 0.217 e. The lowest BCUT2D eigenvalue weighted by Crippen LogP contribution is -2.49. The van der Waals surface area contributed by atoms with Gasteiger partial charge in [0.25, 0.3) is 0 Å². The number of anilines is 1. The van der Waals surface area contributed by atoms with Gasteiger partial charge >= 0.3 is 0 Å². The van der Waals surface area contributed by atoms with Gasteiger partial charge in [0, 0.05) is 44.9 Å². The van der Waals surface area contributed by atoms with E-state index in [4.69, 9.17) is 0 Å². The van der Waals surface area contributed by atoms with Crippen LogP contribution >= 0.6 is 0 Å². The molecule has 5 nitrogen and oxygen atoms in total. The minimum absolute atomic E-state index is 0.0197. The Bertz CT molecular complexity index is 970. The Balaban J connectivity index is 1.75. The predicted molar refractivity (Wildman–Crippen MR) is 127 cm³/mol. The molecule has 0 unspecified atom stereocenters. The first-order valence-corrected chi connectivity index (χ1v) is 11.4. The van der Waals surface area contributed by atoms with Crippen molar-refractivity contribution >= 4 is 11.6 Å². The van der Waals surface area contributed by atoms with Crippen LogP contribution in [0.1, 0.15) is 56.8 Å². The maximum Gasteiger partial charge on any atom is 0.217 e. The summed E-state index contributed by atoms with van der Waals surface area (Å²) in [5.41, 5.74) is 3.99. The molecule has 1 aliphatic rings. The van der Waals surface area contributed by atoms with Gasteiger partial charge in [-0.05, 0) is 53.1 Å². The molecule has 33 heavy (non-hydrogen) atoms. The standard InChI is InChI=1S/C26H35F2N3O2/c1-16(32)30-23(12-17-10-19(27)14-20(28)11-17)25(33)15-29-22-8-9-31(5)24-7-6-18(13-21(22)24)26(2,3)4/h6-7,10-11,13-14,22-23,25,29,33H,8-9,12,15H2,1-5H3,(H,30,32)/t22-,23-,25-/m0/s1. The largest absolute Gasteiger partial charge is 0.390 e. The molecule has 1 aliphatic heterocycles. The van der Waals surface area contributed by atoms with Gasteiger partial charge < -0.3 is 20.6 Å². The fourth-order valence-corrected chi connectivity index (χ4v) is 4.39. The second kappa shape index (κ2) is 10.2. The van der Waals surface area contributed by atoms with Crippen molar-refractivity contribution in [3.63, 3.8) is 0 Å². The second-order valence-corrected chi connectivity index (χ2v) is 10.1. The quantitative estimate of drug-likeness (QED) is 0.589. The van der Waals surface area contributed by atoms with Crippen LogP contribution in [0.15, 0.2) is 36.4 Å². The molecular formula is C26H35F2N3O2. The number of carbonyl (C=O) groups excluding carboxylic acids is 1. The molecule has 1 heterocycles. The number of nitrogens with one attached hydrogen (secondary N) is 2. The molecule has 0 saturated carbocycles. The summed E-state index contributed by atoms with van der Waals surface area (Å²) in [5.74, 6) is -1.68. The molecule has 3 atom stereocenters. The summed E-state index contributed by atoms with van der Waals surface area (Å²) in [7, 11) is 2.07. The minimum atomic E-state index is -0.936. The first kappa shape index (κ1) is 25.1. The van der Waals surface area contributed by atoms with Crippen LogP contribution in [-0.2, 0) is 16.6 Å². The Morgan fingerprint density at radius 2 is 1.85 bits per heavy atom. The summed E-state index contributed by atoms with van der Waals surface area (Å²) in [6, 6.07) is 9.17. The van der Waals surface area contributed by atoms with Crippen LogP contribution in [-0.4, -0.2) is 43.3 Å². The molecule has 0 saturated heterocycles. The molecule has 0 aromatic heterocycles. The fraction of sp³-hybridized carbons (Fsp3) is 0.500. The van der Waals surface area contributed by atoms with Gasteiger partial charge in [-0.2, -0.15) is 0 Å². The van der Waals surface area contributed by atoms with E-state index in [0.717, 1.165) is 24.7 Å². The van der Waals surface area contributed by atoms with Crippen LogP contribution in [0.4, 0.5) is 14.5 Å². The van der Waals surface area contributed by atoms with E-state index in [2.05, 4.69) is 61.6 Å². The number of nitrogens with zero attached hydrogens (tertiary/aromatic N) is 1. The Kier molecular flexibility index (Phi) is 7.75. The highest BCUT2D eigenvalue weighted by Crippen LogP contribution is 2.36. The number of amides is 1. The number of fused-ring (bicyclic) bond motifs is 1. The maximum absolute atomic E-state index is 13.6. The van der Waals surface area contributed by atoms with Gasteiger partial charge in [0.2, 0.25) is 5.91 Å². The zero-order valence-electron chi connectivity index (χ0n) is 20.1. The van der Waals surface area contributed by atoms with E-state index in [0.29, 0.717) is 5.56 Å². The summed E-state index contributed by atoms with van der Waals surface area (Å²) in [6.45, 7) is 9.02. The van der Waals surface area contributed by atoms with Gasteiger partial charge in [-0.15, -0.1) is 0 Å². The van der Waals surface area contributed by atoms with Crippen molar-refractivity contribution in [3.05, 3.63) is 64.7 Å². The van der Waals surface area contributed by atoms with Gasteiger partial charge in [0.05, 0.1) is 12.1 Å². The number of rotatable bonds is 7. The highest BCUT2D eigenvalue weighted by Gasteiger charge is 2.28. The van der Waals surface area contributed by atoms with E-state index >= 15 is 0 Å². The molecule has 2 aromatic rings. The molecule has 3 N–H and O–H groups in total. The summed E-state index contributed by atoms with van der Waals surface area (Å²) in [6.07, 6.45) is 0.0630. The molecule has 0 aliphatic carbocycles. The number of aliphatic hydroxyl groups is 1. The van der Waals surface area contributed by atoms with Crippen LogP contribution in [0.3, 0.4) is 0 Å². The van der Waals surface area contributed by atoms with Crippen molar-refractivity contribution in [1.82, 2.24) is 10.6 Å². The molecule has 0 bridgehead atoms. The second-order valence-electron chi connectivity index (χ2n) is 10.1. The molecular weight excluding hydrogens is 424 g/mol. The third-order valence-electron chi connectivity index (χ3n) is 6.24. The van der Waals surface area contributed by atoms with Crippen LogP contribution in [0.25, 0.3) is 0 Å². The third kappa shape index (κ3) is 6.51. The van der Waals surface area contributed by atoms with Crippen LogP contribution < -0.4 is 15.5 Å². The first-order valence-electron chi connectivity index (χ1n) is 11.4. The lowest BCUT2D eigenvalue weighted by atomic mass is 9.83. The maximum atomic E-state index is 13.6. The summed E-state index contributed by atoms with van der Waals surface area (Å²) in [4.78, 5) is 14.0. The van der Waals surface area contributed by atoms with Crippen molar-refractivity contribution in [2.24, 2.45) is 0 Å². The molecule has 0 radical (unpaired) electrons. The number of hydrogen-bond donors (Lipinski definition) is 3. The first-order chi connectivity index (χ1) is 15.4. The number of halogens is 2. The fourth-order valence-electron chi connectivity index (χ4n) is 4.39. The SMILES string of the molecule is CC(=O)N[C@@H](Cc1cc(F)cc(F)c1)[C@@H](O)CN[C@H]1CCN(C)c2ccc(C(C)(C)C)cc21. The number of aliphatic hydroxyl groups excluding tert-OH is 1.